The van der Waals surface area contributed by atoms with Crippen LogP contribution in [0.4, 0.5) is 10.5 Å². The van der Waals surface area contributed by atoms with E-state index in [1.54, 1.807) is 13.0 Å². The van der Waals surface area contributed by atoms with E-state index < -0.39 is 6.10 Å². The molecule has 0 aliphatic carbocycles. The first-order valence-electron chi connectivity index (χ1n) is 6.76. The molecule has 5 nitrogen and oxygen atoms in total. The van der Waals surface area contributed by atoms with Gasteiger partial charge in [-0.05, 0) is 37.5 Å². The van der Waals surface area contributed by atoms with Crippen molar-refractivity contribution in [1.29, 1.82) is 0 Å². The zero-order valence-electron chi connectivity index (χ0n) is 11.2. The Morgan fingerprint density at radius 1 is 1.32 bits per heavy atom. The number of hydrazine groups is 1. The first-order chi connectivity index (χ1) is 9.15. The molecule has 2 amide bonds. The van der Waals surface area contributed by atoms with Crippen molar-refractivity contribution in [1.82, 2.24) is 10.4 Å². The Morgan fingerprint density at radius 2 is 2.05 bits per heavy atom. The third kappa shape index (κ3) is 4.22. The number of aliphatic hydroxyl groups excluding tert-OH is 1. The number of amides is 2. The summed E-state index contributed by atoms with van der Waals surface area (Å²) >= 11 is 0. The van der Waals surface area contributed by atoms with Gasteiger partial charge in [0, 0.05) is 18.8 Å². The molecular formula is C14H21N3O2. The van der Waals surface area contributed by atoms with Crippen molar-refractivity contribution in [3.05, 3.63) is 29.8 Å². The molecule has 0 radical (unpaired) electrons. The van der Waals surface area contributed by atoms with Gasteiger partial charge in [0.05, 0.1) is 6.10 Å². The maximum Gasteiger partial charge on any atom is 0.333 e. The Bertz CT molecular complexity index is 428. The van der Waals surface area contributed by atoms with Crippen LogP contribution in [0.1, 0.15) is 37.9 Å². The standard InChI is InChI=1S/C14H21N3O2/c1-11(18)12-6-5-7-13(10-12)15-14(19)16-17-8-3-2-4-9-17/h5-7,10-11,18H,2-4,8-9H2,1H3,(H2,15,16,19). The van der Waals surface area contributed by atoms with E-state index in [2.05, 4.69) is 10.7 Å². The van der Waals surface area contributed by atoms with Crippen LogP contribution in [-0.4, -0.2) is 29.2 Å². The van der Waals surface area contributed by atoms with Gasteiger partial charge in [-0.15, -0.1) is 0 Å². The highest BCUT2D eigenvalue weighted by Crippen LogP contribution is 2.16. The van der Waals surface area contributed by atoms with Gasteiger partial charge >= 0.3 is 6.03 Å². The molecule has 1 fully saturated rings. The summed E-state index contributed by atoms with van der Waals surface area (Å²) in [6, 6.07) is 7.00. The number of piperidine rings is 1. The predicted octanol–water partition coefficient (Wildman–Crippen LogP) is 2.26. The van der Waals surface area contributed by atoms with Crippen LogP contribution in [0, 0.1) is 0 Å². The molecule has 2 rings (SSSR count). The first kappa shape index (κ1) is 13.8. The van der Waals surface area contributed by atoms with Gasteiger partial charge in [0.1, 0.15) is 0 Å². The van der Waals surface area contributed by atoms with E-state index in [4.69, 9.17) is 0 Å². The van der Waals surface area contributed by atoms with Gasteiger partial charge in [-0.1, -0.05) is 18.6 Å². The van der Waals surface area contributed by atoms with Crippen molar-refractivity contribution in [3.63, 3.8) is 0 Å². The number of benzene rings is 1. The second-order valence-electron chi connectivity index (χ2n) is 4.92. The number of nitrogens with one attached hydrogen (secondary N) is 2. The molecule has 0 bridgehead atoms. The smallest absolute Gasteiger partial charge is 0.333 e. The van der Waals surface area contributed by atoms with Crippen molar-refractivity contribution < 1.29 is 9.90 Å². The molecule has 19 heavy (non-hydrogen) atoms. The third-order valence-electron chi connectivity index (χ3n) is 3.24. The maximum absolute atomic E-state index is 11.8. The number of aliphatic hydroxyl groups is 1. The zero-order chi connectivity index (χ0) is 13.7. The van der Waals surface area contributed by atoms with Crippen LogP contribution in [0.15, 0.2) is 24.3 Å². The molecule has 104 valence electrons. The normalized spacial score (nSPS) is 17.8. The Balaban J connectivity index is 1.89. The van der Waals surface area contributed by atoms with E-state index >= 15 is 0 Å². The molecule has 3 N–H and O–H groups in total. The maximum atomic E-state index is 11.8. The summed E-state index contributed by atoms with van der Waals surface area (Å²) in [5.41, 5.74) is 4.31. The summed E-state index contributed by atoms with van der Waals surface area (Å²) < 4.78 is 0. The van der Waals surface area contributed by atoms with Crippen LogP contribution in [0.3, 0.4) is 0 Å². The van der Waals surface area contributed by atoms with Crippen molar-refractivity contribution in [2.45, 2.75) is 32.3 Å². The molecule has 1 atom stereocenters. The average molecular weight is 263 g/mol. The lowest BCUT2D eigenvalue weighted by molar-refractivity contribution is 0.162. The van der Waals surface area contributed by atoms with E-state index in [1.165, 1.54) is 6.42 Å². The summed E-state index contributed by atoms with van der Waals surface area (Å²) in [5, 5.41) is 14.2. The zero-order valence-corrected chi connectivity index (χ0v) is 11.2. The highest BCUT2D eigenvalue weighted by atomic mass is 16.3. The van der Waals surface area contributed by atoms with Gasteiger partial charge < -0.3 is 10.4 Å². The van der Waals surface area contributed by atoms with E-state index in [0.717, 1.165) is 31.5 Å². The van der Waals surface area contributed by atoms with Crippen molar-refractivity contribution in [2.24, 2.45) is 0 Å². The molecule has 1 aromatic carbocycles. The molecule has 1 unspecified atom stereocenters. The number of anilines is 1. The molecule has 1 aliphatic rings. The van der Waals surface area contributed by atoms with Gasteiger partial charge in [0.25, 0.3) is 0 Å². The minimum atomic E-state index is -0.535. The number of carbonyl (C=O) groups is 1. The van der Waals surface area contributed by atoms with Crippen LogP contribution >= 0.6 is 0 Å². The fraction of sp³-hybridized carbons (Fsp3) is 0.500. The van der Waals surface area contributed by atoms with Gasteiger partial charge in [-0.25, -0.2) is 9.80 Å². The largest absolute Gasteiger partial charge is 0.389 e. The highest BCUT2D eigenvalue weighted by molar-refractivity contribution is 5.88. The SMILES string of the molecule is CC(O)c1cccc(NC(=O)NN2CCCCC2)c1. The number of carbonyl (C=O) groups excluding carboxylic acids is 1. The summed E-state index contributed by atoms with van der Waals surface area (Å²) in [6.45, 7) is 3.51. The first-order valence-corrected chi connectivity index (χ1v) is 6.76. The van der Waals surface area contributed by atoms with Crippen molar-refractivity contribution in [2.75, 3.05) is 18.4 Å². The lowest BCUT2D eigenvalue weighted by atomic mass is 10.1. The summed E-state index contributed by atoms with van der Waals surface area (Å²) in [5.74, 6) is 0. The van der Waals surface area contributed by atoms with Gasteiger partial charge in [0.15, 0.2) is 0 Å². The number of rotatable bonds is 3. The minimum Gasteiger partial charge on any atom is -0.389 e. The van der Waals surface area contributed by atoms with E-state index in [9.17, 15) is 9.90 Å². The van der Waals surface area contributed by atoms with Crippen LogP contribution in [0.2, 0.25) is 0 Å². The summed E-state index contributed by atoms with van der Waals surface area (Å²) in [6.07, 6.45) is 2.94. The molecule has 5 heteroatoms. The lowest BCUT2D eigenvalue weighted by Crippen LogP contribution is -2.46. The molecule has 0 spiro atoms. The van der Waals surface area contributed by atoms with Gasteiger partial charge in [0.2, 0.25) is 0 Å². The van der Waals surface area contributed by atoms with E-state index in [1.807, 2.05) is 23.2 Å². The second-order valence-corrected chi connectivity index (χ2v) is 4.92. The fourth-order valence-corrected chi connectivity index (χ4v) is 2.18. The van der Waals surface area contributed by atoms with Crippen LogP contribution < -0.4 is 10.7 Å². The van der Waals surface area contributed by atoms with E-state index in [0.29, 0.717) is 5.69 Å². The molecule has 1 aliphatic heterocycles. The summed E-state index contributed by atoms with van der Waals surface area (Å²) in [4.78, 5) is 11.8. The average Bonchev–Trinajstić information content (AvgIpc) is 2.40. The summed E-state index contributed by atoms with van der Waals surface area (Å²) in [7, 11) is 0. The Morgan fingerprint density at radius 3 is 2.74 bits per heavy atom. The predicted molar refractivity (Wildman–Crippen MR) is 74.7 cm³/mol. The third-order valence-corrected chi connectivity index (χ3v) is 3.24. The van der Waals surface area contributed by atoms with Gasteiger partial charge in [-0.2, -0.15) is 0 Å². The van der Waals surface area contributed by atoms with Crippen molar-refractivity contribution in [3.8, 4) is 0 Å². The number of hydrogen-bond acceptors (Lipinski definition) is 3. The number of hydrogen-bond donors (Lipinski definition) is 3. The number of nitrogens with zero attached hydrogens (tertiary/aromatic N) is 1. The second kappa shape index (κ2) is 6.54. The van der Waals surface area contributed by atoms with E-state index in [-0.39, 0.29) is 6.03 Å². The van der Waals surface area contributed by atoms with Gasteiger partial charge in [-0.3, -0.25) is 5.43 Å². The quantitative estimate of drug-likeness (QED) is 0.783. The topological polar surface area (TPSA) is 64.6 Å². The van der Waals surface area contributed by atoms with Crippen LogP contribution in [0.5, 0.6) is 0 Å². The van der Waals surface area contributed by atoms with Crippen LogP contribution in [-0.2, 0) is 0 Å². The molecule has 1 saturated heterocycles. The van der Waals surface area contributed by atoms with Crippen molar-refractivity contribution >= 4 is 11.7 Å². The molecular weight excluding hydrogens is 242 g/mol. The Hall–Kier alpha value is -1.59. The monoisotopic (exact) mass is 263 g/mol. The number of urea groups is 1. The molecule has 1 heterocycles. The molecule has 0 saturated carbocycles. The Kier molecular flexibility index (Phi) is 4.76. The molecule has 0 aromatic heterocycles. The minimum absolute atomic E-state index is 0.232. The molecule has 1 aromatic rings. The Labute approximate surface area is 113 Å². The lowest BCUT2D eigenvalue weighted by Gasteiger charge is -2.26. The van der Waals surface area contributed by atoms with Crippen LogP contribution in [0.25, 0.3) is 0 Å². The highest BCUT2D eigenvalue weighted by Gasteiger charge is 2.12. The fourth-order valence-electron chi connectivity index (χ4n) is 2.18.